The van der Waals surface area contributed by atoms with Gasteiger partial charge in [-0.1, -0.05) is 18.2 Å². The first-order valence-corrected chi connectivity index (χ1v) is 5.97. The number of nitrogens with one attached hydrogen (secondary N) is 1. The lowest BCUT2D eigenvalue weighted by atomic mass is 10.2. The van der Waals surface area contributed by atoms with E-state index >= 15 is 0 Å². The molecule has 0 atom stereocenters. The van der Waals surface area contributed by atoms with Gasteiger partial charge in [0.1, 0.15) is 0 Å². The number of halogens is 2. The van der Waals surface area contributed by atoms with Crippen LogP contribution in [0.4, 0.5) is 11.6 Å². The molecule has 0 radical (unpaired) electrons. The van der Waals surface area contributed by atoms with Gasteiger partial charge in [0, 0.05) is 29.8 Å². The molecule has 0 aliphatic carbocycles. The summed E-state index contributed by atoms with van der Waals surface area (Å²) < 4.78 is 0. The maximum atomic E-state index is 4.49. The fraction of sp³-hybridized carbons (Fsp3) is 0. The van der Waals surface area contributed by atoms with Gasteiger partial charge in [-0.05, 0) is 30.3 Å². The number of hydrogen-bond acceptors (Lipinski definition) is 4. The van der Waals surface area contributed by atoms with E-state index in [2.05, 4.69) is 20.3 Å². The molecule has 0 fully saturated rings. The number of benzene rings is 1. The smallest absolute Gasteiger partial charge is 0.227 e. The molecule has 2 aromatic heterocycles. The summed E-state index contributed by atoms with van der Waals surface area (Å²) in [6.45, 7) is 0. The van der Waals surface area contributed by atoms with E-state index < -0.39 is 0 Å². The molecule has 6 heteroatoms. The van der Waals surface area contributed by atoms with E-state index in [-0.39, 0.29) is 24.8 Å². The van der Waals surface area contributed by atoms with Crippen molar-refractivity contribution in [1.82, 2.24) is 15.0 Å². The average molecular weight is 321 g/mol. The fourth-order valence-electron chi connectivity index (χ4n) is 1.75. The lowest BCUT2D eigenvalue weighted by Gasteiger charge is -2.06. The Morgan fingerprint density at radius 2 is 1.48 bits per heavy atom. The van der Waals surface area contributed by atoms with E-state index in [0.29, 0.717) is 5.95 Å². The van der Waals surface area contributed by atoms with Crippen LogP contribution in [-0.2, 0) is 0 Å². The Kier molecular flexibility index (Phi) is 6.59. The number of nitrogens with zero attached hydrogens (tertiary/aromatic N) is 3. The molecular formula is C15H14Cl2N4. The summed E-state index contributed by atoms with van der Waals surface area (Å²) in [5, 5.41) is 3.18. The molecular weight excluding hydrogens is 307 g/mol. The van der Waals surface area contributed by atoms with E-state index in [1.54, 1.807) is 18.6 Å². The van der Waals surface area contributed by atoms with Crippen molar-refractivity contribution >= 4 is 36.4 Å². The highest BCUT2D eigenvalue weighted by molar-refractivity contribution is 5.85. The highest BCUT2D eigenvalue weighted by Crippen LogP contribution is 2.18. The van der Waals surface area contributed by atoms with E-state index in [1.807, 2.05) is 48.5 Å². The quantitative estimate of drug-likeness (QED) is 0.788. The summed E-state index contributed by atoms with van der Waals surface area (Å²) in [6, 6.07) is 15.6. The van der Waals surface area contributed by atoms with Crippen LogP contribution in [0.5, 0.6) is 0 Å². The van der Waals surface area contributed by atoms with Crippen LogP contribution in [0.3, 0.4) is 0 Å². The largest absolute Gasteiger partial charge is 0.324 e. The van der Waals surface area contributed by atoms with Gasteiger partial charge in [0.25, 0.3) is 0 Å². The summed E-state index contributed by atoms with van der Waals surface area (Å²) in [6.07, 6.45) is 5.25. The minimum atomic E-state index is 0. The zero-order valence-electron chi connectivity index (χ0n) is 11.0. The molecule has 0 saturated heterocycles. The summed E-state index contributed by atoms with van der Waals surface area (Å²) in [5.74, 6) is 0.584. The van der Waals surface area contributed by atoms with Gasteiger partial charge in [-0.2, -0.15) is 0 Å². The zero-order chi connectivity index (χ0) is 12.9. The van der Waals surface area contributed by atoms with Gasteiger partial charge >= 0.3 is 0 Å². The van der Waals surface area contributed by atoms with Crippen molar-refractivity contribution in [1.29, 1.82) is 0 Å². The minimum Gasteiger partial charge on any atom is -0.324 e. The van der Waals surface area contributed by atoms with Crippen molar-refractivity contribution in [2.24, 2.45) is 0 Å². The minimum absolute atomic E-state index is 0. The van der Waals surface area contributed by atoms with Crippen LogP contribution < -0.4 is 5.32 Å². The Morgan fingerprint density at radius 1 is 0.762 bits per heavy atom. The number of hydrogen-bond donors (Lipinski definition) is 1. The van der Waals surface area contributed by atoms with Gasteiger partial charge < -0.3 is 5.32 Å². The Bertz CT molecular complexity index is 663. The molecule has 2 heterocycles. The van der Waals surface area contributed by atoms with Crippen molar-refractivity contribution in [3.8, 4) is 11.3 Å². The molecule has 0 aliphatic heterocycles. The van der Waals surface area contributed by atoms with Crippen LogP contribution in [0.1, 0.15) is 0 Å². The second-order valence-corrected chi connectivity index (χ2v) is 3.99. The molecule has 3 rings (SSSR count). The fourth-order valence-corrected chi connectivity index (χ4v) is 1.75. The second kappa shape index (κ2) is 8.19. The van der Waals surface area contributed by atoms with Crippen molar-refractivity contribution in [3.63, 3.8) is 0 Å². The van der Waals surface area contributed by atoms with Crippen molar-refractivity contribution < 1.29 is 0 Å². The van der Waals surface area contributed by atoms with Crippen LogP contribution in [0.15, 0.2) is 67.1 Å². The monoisotopic (exact) mass is 320 g/mol. The summed E-state index contributed by atoms with van der Waals surface area (Å²) >= 11 is 0. The molecule has 1 aromatic carbocycles. The molecule has 0 spiro atoms. The first-order valence-electron chi connectivity index (χ1n) is 5.97. The maximum Gasteiger partial charge on any atom is 0.227 e. The van der Waals surface area contributed by atoms with Crippen LogP contribution in [0.2, 0.25) is 0 Å². The van der Waals surface area contributed by atoms with Crippen molar-refractivity contribution in [3.05, 3.63) is 67.1 Å². The van der Waals surface area contributed by atoms with E-state index in [9.17, 15) is 0 Å². The Morgan fingerprint density at radius 3 is 2.19 bits per heavy atom. The molecule has 3 aromatic rings. The van der Waals surface area contributed by atoms with Crippen LogP contribution in [-0.4, -0.2) is 15.0 Å². The second-order valence-electron chi connectivity index (χ2n) is 3.99. The van der Waals surface area contributed by atoms with Crippen LogP contribution in [0, 0.1) is 0 Å². The van der Waals surface area contributed by atoms with Crippen LogP contribution >= 0.6 is 24.8 Å². The number of para-hydroxylation sites is 1. The van der Waals surface area contributed by atoms with E-state index in [1.165, 1.54) is 0 Å². The van der Waals surface area contributed by atoms with Gasteiger partial charge in [0.05, 0.1) is 5.69 Å². The molecule has 1 N–H and O–H groups in total. The van der Waals surface area contributed by atoms with Gasteiger partial charge in [0.2, 0.25) is 5.95 Å². The van der Waals surface area contributed by atoms with E-state index in [0.717, 1.165) is 16.9 Å². The predicted octanol–water partition coefficient (Wildman–Crippen LogP) is 4.13. The van der Waals surface area contributed by atoms with E-state index in [4.69, 9.17) is 0 Å². The normalized spacial score (nSPS) is 9.14. The van der Waals surface area contributed by atoms with Gasteiger partial charge in [-0.15, -0.1) is 24.8 Å². The SMILES string of the molecule is Cl.Cl.c1ccc(Nc2nccc(-c3ccncc3)n2)cc1. The summed E-state index contributed by atoms with van der Waals surface area (Å²) in [5.41, 5.74) is 2.86. The molecule has 0 saturated carbocycles. The standard InChI is InChI=1S/C15H12N4.2ClH/c1-2-4-13(5-3-1)18-15-17-11-8-14(19-15)12-6-9-16-10-7-12;;/h1-11H,(H,17,18,19);2*1H. The highest BCUT2D eigenvalue weighted by atomic mass is 35.5. The van der Waals surface area contributed by atoms with Gasteiger partial charge in [0.15, 0.2) is 0 Å². The lowest BCUT2D eigenvalue weighted by Crippen LogP contribution is -1.97. The third kappa shape index (κ3) is 4.41. The molecule has 4 nitrogen and oxygen atoms in total. The van der Waals surface area contributed by atoms with Gasteiger partial charge in [-0.25, -0.2) is 9.97 Å². The first kappa shape index (κ1) is 16.9. The lowest BCUT2D eigenvalue weighted by molar-refractivity contribution is 1.17. The number of pyridine rings is 1. The Balaban J connectivity index is 0.00000110. The van der Waals surface area contributed by atoms with Crippen LogP contribution in [0.25, 0.3) is 11.3 Å². The highest BCUT2D eigenvalue weighted by Gasteiger charge is 2.02. The summed E-state index contributed by atoms with van der Waals surface area (Å²) in [7, 11) is 0. The first-order chi connectivity index (χ1) is 9.42. The zero-order valence-corrected chi connectivity index (χ0v) is 12.6. The van der Waals surface area contributed by atoms with Crippen molar-refractivity contribution in [2.45, 2.75) is 0 Å². The Hall–Kier alpha value is -2.17. The predicted molar refractivity (Wildman–Crippen MR) is 89.5 cm³/mol. The molecule has 21 heavy (non-hydrogen) atoms. The average Bonchev–Trinajstić information content (AvgIpc) is 2.49. The molecule has 0 amide bonds. The third-order valence-electron chi connectivity index (χ3n) is 2.66. The van der Waals surface area contributed by atoms with Crippen molar-refractivity contribution in [2.75, 3.05) is 5.32 Å². The molecule has 108 valence electrons. The maximum absolute atomic E-state index is 4.49. The number of rotatable bonds is 3. The summed E-state index contributed by atoms with van der Waals surface area (Å²) in [4.78, 5) is 12.7. The van der Waals surface area contributed by atoms with Gasteiger partial charge in [-0.3, -0.25) is 4.98 Å². The molecule has 0 unspecified atom stereocenters. The third-order valence-corrected chi connectivity index (χ3v) is 2.66. The topological polar surface area (TPSA) is 50.7 Å². The number of aromatic nitrogens is 3. The molecule has 0 bridgehead atoms. The molecule has 0 aliphatic rings. The Labute approximate surface area is 135 Å². The number of anilines is 2.